The van der Waals surface area contributed by atoms with Crippen LogP contribution in [0, 0.1) is 0 Å². The van der Waals surface area contributed by atoms with Gasteiger partial charge in [-0.05, 0) is 12.8 Å². The van der Waals surface area contributed by atoms with Crippen LogP contribution in [0.2, 0.25) is 0 Å². The molecule has 1 aromatic heterocycles. The Hall–Kier alpha value is -1.79. The minimum Gasteiger partial charge on any atom is -0.368 e. The third-order valence-electron chi connectivity index (χ3n) is 2.92. The molecule has 0 saturated heterocycles. The first kappa shape index (κ1) is 20.3. The van der Waals surface area contributed by atoms with E-state index in [9.17, 15) is 15.3 Å². The van der Waals surface area contributed by atoms with Crippen LogP contribution in [0.4, 0.5) is 17.8 Å². The molecule has 11 heteroatoms. The lowest BCUT2D eigenvalue weighted by molar-refractivity contribution is -0.337. The van der Waals surface area contributed by atoms with Crippen LogP contribution in [0.25, 0.3) is 0 Å². The smallest absolute Gasteiger partial charge is 0.368 e. The van der Waals surface area contributed by atoms with Crippen molar-refractivity contribution in [1.82, 2.24) is 15.0 Å². The summed E-state index contributed by atoms with van der Waals surface area (Å²) in [5.41, 5.74) is 11.0. The molecule has 0 aliphatic heterocycles. The molecule has 0 unspecified atom stereocenters. The Labute approximate surface area is 140 Å². The van der Waals surface area contributed by atoms with Gasteiger partial charge in [-0.1, -0.05) is 26.7 Å². The van der Waals surface area contributed by atoms with E-state index in [0.717, 1.165) is 12.8 Å². The highest BCUT2D eigenvalue weighted by Crippen LogP contribution is 2.22. The van der Waals surface area contributed by atoms with Gasteiger partial charge in [0.1, 0.15) is 0 Å². The van der Waals surface area contributed by atoms with Crippen molar-refractivity contribution in [3.05, 3.63) is 0 Å². The van der Waals surface area contributed by atoms with Gasteiger partial charge < -0.3 is 36.3 Å². The summed E-state index contributed by atoms with van der Waals surface area (Å²) >= 11 is 0. The van der Waals surface area contributed by atoms with Gasteiger partial charge in [-0.15, -0.1) is 0 Å². The Kier molecular flexibility index (Phi) is 8.01. The van der Waals surface area contributed by atoms with E-state index in [4.69, 9.17) is 20.9 Å². The van der Waals surface area contributed by atoms with Crippen molar-refractivity contribution in [3.8, 4) is 0 Å². The number of rotatable bonds is 11. The monoisotopic (exact) mass is 346 g/mol. The number of nitrogen functional groups attached to an aromatic ring is 2. The summed E-state index contributed by atoms with van der Waals surface area (Å²) in [6.45, 7) is 4.46. The number of hydrogen-bond donors (Lipinski definition) is 5. The van der Waals surface area contributed by atoms with E-state index in [0.29, 0.717) is 17.7 Å². The molecule has 0 atom stereocenters. The van der Waals surface area contributed by atoms with Crippen molar-refractivity contribution in [2.75, 3.05) is 29.6 Å². The van der Waals surface area contributed by atoms with E-state index in [1.54, 1.807) is 0 Å². The Bertz CT molecular complexity index is 468. The number of hydrogen-bond acceptors (Lipinski definition) is 11. The quantitative estimate of drug-likeness (QED) is 0.254. The van der Waals surface area contributed by atoms with E-state index in [-0.39, 0.29) is 25.1 Å². The second-order valence-corrected chi connectivity index (χ2v) is 5.08. The fourth-order valence-electron chi connectivity index (χ4n) is 1.73. The van der Waals surface area contributed by atoms with Gasteiger partial charge in [0.05, 0.1) is 13.2 Å². The minimum absolute atomic E-state index is 0.257. The lowest BCUT2D eigenvalue weighted by Gasteiger charge is -2.35. The van der Waals surface area contributed by atoms with E-state index >= 15 is 0 Å². The van der Waals surface area contributed by atoms with Crippen LogP contribution in [0.15, 0.2) is 0 Å². The summed E-state index contributed by atoms with van der Waals surface area (Å²) in [6.07, 6.45) is -1.59. The third-order valence-corrected chi connectivity index (χ3v) is 2.92. The molecule has 0 spiro atoms. The Balaban J connectivity index is 3.09. The van der Waals surface area contributed by atoms with Crippen LogP contribution in [0.1, 0.15) is 39.5 Å². The van der Waals surface area contributed by atoms with Crippen LogP contribution in [-0.4, -0.2) is 56.0 Å². The summed E-state index contributed by atoms with van der Waals surface area (Å²) in [7, 11) is 0. The van der Waals surface area contributed by atoms with Crippen LogP contribution < -0.4 is 16.4 Å². The number of unbranched alkanes of at least 4 members (excludes halogenated alkanes) is 2. The van der Waals surface area contributed by atoms with E-state index < -0.39 is 18.5 Å². The average molecular weight is 346 g/mol. The number of aromatic nitrogens is 3. The number of nitrogens with zero attached hydrogens (tertiary/aromatic N) is 4. The number of ether oxygens (including phenoxy) is 2. The molecule has 0 radical (unpaired) electrons. The molecule has 11 nitrogen and oxygen atoms in total. The Morgan fingerprint density at radius 2 is 1.42 bits per heavy atom. The fraction of sp³-hybridized carbons (Fsp3) is 0.769. The average Bonchev–Trinajstić information content (AvgIpc) is 2.45. The summed E-state index contributed by atoms with van der Waals surface area (Å²) in [5.74, 6) is -0.911. The zero-order valence-electron chi connectivity index (χ0n) is 13.9. The molecular formula is C13H26N6O5. The van der Waals surface area contributed by atoms with Crippen molar-refractivity contribution >= 4 is 17.8 Å². The largest absolute Gasteiger partial charge is 0.375 e. The van der Waals surface area contributed by atoms with E-state index in [2.05, 4.69) is 15.0 Å². The molecule has 0 amide bonds. The van der Waals surface area contributed by atoms with Gasteiger partial charge >= 0.3 is 6.10 Å². The molecule has 138 valence electrons. The molecule has 0 aromatic carbocycles. The zero-order chi connectivity index (χ0) is 18.2. The molecule has 1 aromatic rings. The minimum atomic E-state index is -3.36. The summed E-state index contributed by atoms with van der Waals surface area (Å²) < 4.78 is 11.0. The maximum atomic E-state index is 9.69. The van der Waals surface area contributed by atoms with Crippen LogP contribution in [0.3, 0.4) is 0 Å². The molecule has 1 rings (SSSR count). The zero-order valence-corrected chi connectivity index (χ0v) is 13.9. The summed E-state index contributed by atoms with van der Waals surface area (Å²) in [5, 5.41) is 29.1. The van der Waals surface area contributed by atoms with E-state index in [1.807, 2.05) is 13.8 Å². The van der Waals surface area contributed by atoms with Gasteiger partial charge in [0.15, 0.2) is 0 Å². The Morgan fingerprint density at radius 3 is 1.79 bits per heavy atom. The molecule has 24 heavy (non-hydrogen) atoms. The van der Waals surface area contributed by atoms with Crippen LogP contribution in [-0.2, 0) is 9.47 Å². The van der Waals surface area contributed by atoms with Crippen molar-refractivity contribution in [2.45, 2.75) is 52.0 Å². The van der Waals surface area contributed by atoms with Crippen molar-refractivity contribution < 1.29 is 24.8 Å². The molecule has 1 heterocycles. The van der Waals surface area contributed by atoms with Gasteiger partial charge in [0.2, 0.25) is 24.3 Å². The lowest BCUT2D eigenvalue weighted by Crippen LogP contribution is -2.57. The normalized spacial score (nSPS) is 11.9. The first-order valence-corrected chi connectivity index (χ1v) is 7.76. The number of aliphatic hydroxyl groups is 3. The van der Waals surface area contributed by atoms with E-state index in [1.165, 1.54) is 0 Å². The van der Waals surface area contributed by atoms with Crippen molar-refractivity contribution in [3.63, 3.8) is 0 Å². The van der Waals surface area contributed by atoms with Crippen molar-refractivity contribution in [2.24, 2.45) is 0 Å². The van der Waals surface area contributed by atoms with Gasteiger partial charge in [-0.3, -0.25) is 0 Å². The topological polar surface area (TPSA) is 173 Å². The molecule has 0 aliphatic rings. The Morgan fingerprint density at radius 1 is 0.958 bits per heavy atom. The van der Waals surface area contributed by atoms with Gasteiger partial charge in [-0.2, -0.15) is 15.0 Å². The predicted molar refractivity (Wildman–Crippen MR) is 86.0 cm³/mol. The van der Waals surface area contributed by atoms with Gasteiger partial charge in [-0.25, -0.2) is 4.90 Å². The van der Waals surface area contributed by atoms with Crippen LogP contribution in [0.5, 0.6) is 0 Å². The SMILES string of the molecule is CCCCOC(OCCCC)N(c1nc(N)nc(N)n1)C(O)(O)O. The molecule has 0 saturated carbocycles. The van der Waals surface area contributed by atoms with Gasteiger partial charge in [0, 0.05) is 0 Å². The summed E-state index contributed by atoms with van der Waals surface area (Å²) in [4.78, 5) is 11.6. The second kappa shape index (κ2) is 9.49. The maximum Gasteiger partial charge on any atom is 0.375 e. The second-order valence-electron chi connectivity index (χ2n) is 5.08. The highest BCUT2D eigenvalue weighted by Gasteiger charge is 2.40. The van der Waals surface area contributed by atoms with Crippen LogP contribution >= 0.6 is 0 Å². The molecule has 0 aliphatic carbocycles. The van der Waals surface area contributed by atoms with Gasteiger partial charge in [0.25, 0.3) is 0 Å². The molecule has 0 fully saturated rings. The molecule has 7 N–H and O–H groups in total. The molecule has 0 bridgehead atoms. The highest BCUT2D eigenvalue weighted by molar-refractivity contribution is 5.40. The third kappa shape index (κ3) is 6.37. The number of nitrogens with two attached hydrogens (primary N) is 2. The standard InChI is InChI=1S/C13H26N6O5/c1-3-5-7-23-12(24-8-6-4-2)19(13(20,21)22)11-17-9(14)16-10(15)18-11/h12,20-22H,3-8H2,1-2H3,(H4,14,15,16,17,18). The van der Waals surface area contributed by atoms with Crippen molar-refractivity contribution in [1.29, 1.82) is 0 Å². The first-order chi connectivity index (χ1) is 11.3. The molecular weight excluding hydrogens is 320 g/mol. The first-order valence-electron chi connectivity index (χ1n) is 7.76. The fourth-order valence-corrected chi connectivity index (χ4v) is 1.73. The maximum absolute atomic E-state index is 9.69. The summed E-state index contributed by atoms with van der Waals surface area (Å²) in [6, 6.07) is 0. The highest BCUT2D eigenvalue weighted by atomic mass is 16.8. The lowest BCUT2D eigenvalue weighted by atomic mass is 10.4. The predicted octanol–water partition coefficient (Wildman–Crippen LogP) is -0.652. The number of anilines is 3.